The summed E-state index contributed by atoms with van der Waals surface area (Å²) in [5.41, 5.74) is 8.53. The average Bonchev–Trinajstić information content (AvgIpc) is 2.53. The van der Waals surface area contributed by atoms with Crippen molar-refractivity contribution < 1.29 is 0 Å². The molecule has 0 unspecified atom stereocenters. The molecule has 2 N–H and O–H groups in total. The molecule has 0 spiro atoms. The van der Waals surface area contributed by atoms with E-state index < -0.39 is 0 Å². The zero-order chi connectivity index (χ0) is 12.4. The molecule has 0 amide bonds. The zero-order valence-electron chi connectivity index (χ0n) is 9.64. The highest BCUT2D eigenvalue weighted by atomic mass is 35.5. The molecule has 17 heavy (non-hydrogen) atoms. The Morgan fingerprint density at radius 1 is 1.53 bits per heavy atom. The van der Waals surface area contributed by atoms with Gasteiger partial charge in [0, 0.05) is 29.5 Å². The Kier molecular flexibility index (Phi) is 3.59. The van der Waals surface area contributed by atoms with Gasteiger partial charge < -0.3 is 5.73 Å². The van der Waals surface area contributed by atoms with Gasteiger partial charge in [0.25, 0.3) is 0 Å². The van der Waals surface area contributed by atoms with E-state index in [-0.39, 0.29) is 0 Å². The van der Waals surface area contributed by atoms with E-state index in [0.29, 0.717) is 10.8 Å². The zero-order valence-corrected chi connectivity index (χ0v) is 11.2. The lowest BCUT2D eigenvalue weighted by Gasteiger charge is -2.04. The van der Waals surface area contributed by atoms with E-state index in [1.165, 1.54) is 0 Å². The number of aryl methyl sites for hydroxylation is 2. The third-order valence-corrected chi connectivity index (χ3v) is 4.04. The summed E-state index contributed by atoms with van der Waals surface area (Å²) in [6.45, 7) is 1.96. The molecule has 0 fully saturated rings. The normalized spacial score (nSPS) is 10.8. The molecule has 6 heteroatoms. The molecule has 2 aromatic rings. The Balaban J connectivity index is 2.15. The van der Waals surface area contributed by atoms with Crippen molar-refractivity contribution in [3.63, 3.8) is 0 Å². The van der Waals surface area contributed by atoms with E-state index in [0.717, 1.165) is 21.9 Å². The third-order valence-electron chi connectivity index (χ3n) is 2.45. The summed E-state index contributed by atoms with van der Waals surface area (Å²) in [5.74, 6) is 0.757. The van der Waals surface area contributed by atoms with Gasteiger partial charge in [-0.3, -0.25) is 9.67 Å². The van der Waals surface area contributed by atoms with Crippen LogP contribution < -0.4 is 5.73 Å². The number of hydrogen-bond acceptors (Lipinski definition) is 4. The lowest BCUT2D eigenvalue weighted by atomic mass is 10.3. The summed E-state index contributed by atoms with van der Waals surface area (Å²) in [6, 6.07) is 1.90. The number of pyridine rings is 1. The van der Waals surface area contributed by atoms with E-state index in [2.05, 4.69) is 10.1 Å². The first-order chi connectivity index (χ1) is 8.09. The molecular formula is C11H13ClN4S. The van der Waals surface area contributed by atoms with Gasteiger partial charge in [-0.05, 0) is 13.0 Å². The van der Waals surface area contributed by atoms with E-state index in [4.69, 9.17) is 17.3 Å². The summed E-state index contributed by atoms with van der Waals surface area (Å²) < 4.78 is 1.68. The highest BCUT2D eigenvalue weighted by molar-refractivity contribution is 7.98. The predicted molar refractivity (Wildman–Crippen MR) is 71.2 cm³/mol. The Morgan fingerprint density at radius 3 is 2.88 bits per heavy atom. The van der Waals surface area contributed by atoms with Crippen molar-refractivity contribution in [2.24, 2.45) is 7.05 Å². The Labute approximate surface area is 109 Å². The van der Waals surface area contributed by atoms with E-state index in [1.54, 1.807) is 28.8 Å². The van der Waals surface area contributed by atoms with Crippen molar-refractivity contribution in [1.82, 2.24) is 14.8 Å². The second-order valence-electron chi connectivity index (χ2n) is 3.68. The molecule has 2 rings (SSSR count). The van der Waals surface area contributed by atoms with Crippen molar-refractivity contribution in [2.45, 2.75) is 17.6 Å². The van der Waals surface area contributed by atoms with Gasteiger partial charge in [0.05, 0.1) is 17.6 Å². The molecule has 0 aromatic carbocycles. The molecule has 0 aliphatic carbocycles. The lowest BCUT2D eigenvalue weighted by molar-refractivity contribution is 0.757. The number of anilines is 1. The van der Waals surface area contributed by atoms with Gasteiger partial charge in [0.15, 0.2) is 0 Å². The SMILES string of the molecule is Cc1nn(C)c(Cl)c1CSc1ccncc1N. The first-order valence-electron chi connectivity index (χ1n) is 5.10. The number of aromatic nitrogens is 3. The molecule has 0 radical (unpaired) electrons. The van der Waals surface area contributed by atoms with Crippen LogP contribution >= 0.6 is 23.4 Å². The van der Waals surface area contributed by atoms with Crippen LogP contribution in [-0.2, 0) is 12.8 Å². The van der Waals surface area contributed by atoms with Crippen LogP contribution in [0.5, 0.6) is 0 Å². The predicted octanol–water partition coefficient (Wildman–Crippen LogP) is 2.65. The molecule has 0 saturated heterocycles. The third kappa shape index (κ3) is 2.56. The molecule has 2 heterocycles. The van der Waals surface area contributed by atoms with Crippen LogP contribution in [0, 0.1) is 6.92 Å². The second kappa shape index (κ2) is 4.98. The van der Waals surface area contributed by atoms with Crippen LogP contribution in [0.4, 0.5) is 5.69 Å². The number of nitrogen functional groups attached to an aromatic ring is 1. The summed E-state index contributed by atoms with van der Waals surface area (Å²) in [4.78, 5) is 4.97. The summed E-state index contributed by atoms with van der Waals surface area (Å²) in [7, 11) is 1.84. The van der Waals surface area contributed by atoms with Crippen molar-refractivity contribution in [1.29, 1.82) is 0 Å². The fourth-order valence-corrected chi connectivity index (χ4v) is 2.86. The van der Waals surface area contributed by atoms with Gasteiger partial charge in [-0.15, -0.1) is 11.8 Å². The maximum absolute atomic E-state index is 6.16. The maximum Gasteiger partial charge on any atom is 0.131 e. The van der Waals surface area contributed by atoms with Crippen LogP contribution in [0.3, 0.4) is 0 Å². The minimum Gasteiger partial charge on any atom is -0.397 e. The van der Waals surface area contributed by atoms with Crippen LogP contribution in [0.25, 0.3) is 0 Å². The first-order valence-corrected chi connectivity index (χ1v) is 6.46. The van der Waals surface area contributed by atoms with E-state index >= 15 is 0 Å². The molecule has 0 aliphatic heterocycles. The van der Waals surface area contributed by atoms with Gasteiger partial charge >= 0.3 is 0 Å². The highest BCUT2D eigenvalue weighted by Crippen LogP contribution is 2.30. The number of nitrogens with zero attached hydrogens (tertiary/aromatic N) is 3. The smallest absolute Gasteiger partial charge is 0.131 e. The van der Waals surface area contributed by atoms with Crippen molar-refractivity contribution in [3.8, 4) is 0 Å². The van der Waals surface area contributed by atoms with Gasteiger partial charge in [-0.25, -0.2) is 0 Å². The molecule has 2 aromatic heterocycles. The Bertz CT molecular complexity index is 538. The van der Waals surface area contributed by atoms with Crippen molar-refractivity contribution >= 4 is 29.1 Å². The Hall–Kier alpha value is -1.20. The second-order valence-corrected chi connectivity index (χ2v) is 5.06. The van der Waals surface area contributed by atoms with Gasteiger partial charge in [0.2, 0.25) is 0 Å². The summed E-state index contributed by atoms with van der Waals surface area (Å²) in [6.07, 6.45) is 3.39. The summed E-state index contributed by atoms with van der Waals surface area (Å²) in [5, 5.41) is 4.96. The average molecular weight is 269 g/mol. The number of hydrogen-bond donors (Lipinski definition) is 1. The molecule has 0 atom stereocenters. The number of thioether (sulfide) groups is 1. The van der Waals surface area contributed by atoms with Gasteiger partial charge in [-0.1, -0.05) is 11.6 Å². The lowest BCUT2D eigenvalue weighted by Crippen LogP contribution is -1.91. The molecule has 0 saturated carbocycles. The number of rotatable bonds is 3. The number of nitrogens with two attached hydrogens (primary N) is 1. The summed E-state index contributed by atoms with van der Waals surface area (Å²) >= 11 is 7.80. The molecule has 0 aliphatic rings. The largest absolute Gasteiger partial charge is 0.397 e. The number of halogens is 1. The standard InChI is InChI=1S/C11H13ClN4S/c1-7-8(11(12)16(2)15-7)6-17-10-3-4-14-5-9(10)13/h3-5H,6,13H2,1-2H3. The highest BCUT2D eigenvalue weighted by Gasteiger charge is 2.11. The maximum atomic E-state index is 6.16. The Morgan fingerprint density at radius 2 is 2.29 bits per heavy atom. The fourth-order valence-electron chi connectivity index (χ4n) is 1.51. The van der Waals surface area contributed by atoms with Crippen LogP contribution in [0.1, 0.15) is 11.3 Å². The molecule has 0 bridgehead atoms. The fraction of sp³-hybridized carbons (Fsp3) is 0.273. The molecular weight excluding hydrogens is 256 g/mol. The molecule has 4 nitrogen and oxygen atoms in total. The van der Waals surface area contributed by atoms with Crippen LogP contribution in [-0.4, -0.2) is 14.8 Å². The van der Waals surface area contributed by atoms with Crippen molar-refractivity contribution in [2.75, 3.05) is 5.73 Å². The van der Waals surface area contributed by atoms with Crippen LogP contribution in [0.15, 0.2) is 23.4 Å². The monoisotopic (exact) mass is 268 g/mol. The van der Waals surface area contributed by atoms with Gasteiger partial charge in [-0.2, -0.15) is 5.10 Å². The minimum atomic E-state index is 0.683. The van der Waals surface area contributed by atoms with E-state index in [1.807, 2.05) is 20.0 Å². The topological polar surface area (TPSA) is 56.7 Å². The van der Waals surface area contributed by atoms with E-state index in [9.17, 15) is 0 Å². The van der Waals surface area contributed by atoms with Crippen molar-refractivity contribution in [3.05, 3.63) is 34.9 Å². The minimum absolute atomic E-state index is 0.683. The molecule has 90 valence electrons. The van der Waals surface area contributed by atoms with Crippen LogP contribution in [0.2, 0.25) is 5.15 Å². The first kappa shape index (κ1) is 12.3. The quantitative estimate of drug-likeness (QED) is 0.870. The van der Waals surface area contributed by atoms with Gasteiger partial charge in [0.1, 0.15) is 5.15 Å².